The zero-order valence-corrected chi connectivity index (χ0v) is 15.1. The second kappa shape index (κ2) is 6.97. The van der Waals surface area contributed by atoms with Crippen molar-refractivity contribution in [3.8, 4) is 12.3 Å². The predicted octanol–water partition coefficient (Wildman–Crippen LogP) is 2.56. The summed E-state index contributed by atoms with van der Waals surface area (Å²) in [7, 11) is 4.18. The van der Waals surface area contributed by atoms with Crippen molar-refractivity contribution in [1.82, 2.24) is 10.2 Å². The zero-order chi connectivity index (χ0) is 17.9. The molecule has 0 bridgehead atoms. The number of fused-ring (bicyclic) bond motifs is 1. The van der Waals surface area contributed by atoms with Crippen molar-refractivity contribution in [2.45, 2.75) is 49.7 Å². The molecule has 2 aliphatic rings. The normalized spacial score (nSPS) is 18.6. The number of benzene rings is 1. The quantitative estimate of drug-likeness (QED) is 0.741. The van der Waals surface area contributed by atoms with Crippen molar-refractivity contribution >= 4 is 5.91 Å². The van der Waals surface area contributed by atoms with Gasteiger partial charge in [0, 0.05) is 37.8 Å². The SMILES string of the molecule is C#CCCC1(CCC(=O)NCC2(N(C)C)Cc3ccccc3C2)N=N1. The van der Waals surface area contributed by atoms with E-state index in [2.05, 4.69) is 64.7 Å². The molecule has 1 N–H and O–H groups in total. The van der Waals surface area contributed by atoms with Gasteiger partial charge in [0.05, 0.1) is 0 Å². The minimum Gasteiger partial charge on any atom is -0.354 e. The van der Waals surface area contributed by atoms with Crippen LogP contribution in [-0.2, 0) is 17.6 Å². The summed E-state index contributed by atoms with van der Waals surface area (Å²) in [5, 5.41) is 11.3. The fourth-order valence-electron chi connectivity index (χ4n) is 3.61. The lowest BCUT2D eigenvalue weighted by Gasteiger charge is -2.36. The lowest BCUT2D eigenvalue weighted by molar-refractivity contribution is -0.121. The van der Waals surface area contributed by atoms with Crippen LogP contribution in [-0.4, -0.2) is 42.6 Å². The molecule has 1 aliphatic carbocycles. The number of hydrogen-bond acceptors (Lipinski definition) is 4. The highest BCUT2D eigenvalue weighted by Gasteiger charge is 2.41. The van der Waals surface area contributed by atoms with Gasteiger partial charge >= 0.3 is 0 Å². The Kier molecular flexibility index (Phi) is 4.91. The topological polar surface area (TPSA) is 57.1 Å². The maximum Gasteiger partial charge on any atom is 0.220 e. The Balaban J connectivity index is 1.51. The third kappa shape index (κ3) is 3.91. The first-order chi connectivity index (χ1) is 12.0. The van der Waals surface area contributed by atoms with Gasteiger partial charge in [-0.25, -0.2) is 0 Å². The van der Waals surface area contributed by atoms with Crippen LogP contribution in [0, 0.1) is 12.3 Å². The van der Waals surface area contributed by atoms with Crippen LogP contribution in [0.15, 0.2) is 34.5 Å². The molecule has 1 heterocycles. The first-order valence-electron chi connectivity index (χ1n) is 8.87. The second-order valence-corrected chi connectivity index (χ2v) is 7.40. The van der Waals surface area contributed by atoms with Crippen molar-refractivity contribution in [2.24, 2.45) is 10.2 Å². The minimum atomic E-state index is -0.382. The van der Waals surface area contributed by atoms with Gasteiger partial charge in [-0.15, -0.1) is 12.3 Å². The van der Waals surface area contributed by atoms with Crippen LogP contribution in [0.4, 0.5) is 0 Å². The summed E-state index contributed by atoms with van der Waals surface area (Å²) in [6.07, 6.45) is 9.71. The van der Waals surface area contributed by atoms with E-state index >= 15 is 0 Å². The molecule has 0 saturated heterocycles. The molecule has 1 aromatic rings. The summed E-state index contributed by atoms with van der Waals surface area (Å²) >= 11 is 0. The Morgan fingerprint density at radius 2 is 1.88 bits per heavy atom. The van der Waals surface area contributed by atoms with Crippen LogP contribution < -0.4 is 5.32 Å². The lowest BCUT2D eigenvalue weighted by atomic mass is 9.93. The van der Waals surface area contributed by atoms with E-state index in [-0.39, 0.29) is 17.1 Å². The van der Waals surface area contributed by atoms with E-state index < -0.39 is 0 Å². The van der Waals surface area contributed by atoms with Crippen LogP contribution in [0.2, 0.25) is 0 Å². The Morgan fingerprint density at radius 3 is 2.40 bits per heavy atom. The van der Waals surface area contributed by atoms with E-state index in [0.717, 1.165) is 19.3 Å². The zero-order valence-electron chi connectivity index (χ0n) is 15.1. The number of amides is 1. The van der Waals surface area contributed by atoms with Gasteiger partial charge in [0.2, 0.25) is 5.91 Å². The van der Waals surface area contributed by atoms with E-state index in [9.17, 15) is 4.79 Å². The van der Waals surface area contributed by atoms with Gasteiger partial charge in [0.1, 0.15) is 0 Å². The molecule has 1 aliphatic heterocycles. The molecule has 1 amide bonds. The van der Waals surface area contributed by atoms with Crippen LogP contribution in [0.1, 0.15) is 36.8 Å². The summed E-state index contributed by atoms with van der Waals surface area (Å²) in [4.78, 5) is 14.6. The van der Waals surface area contributed by atoms with Crippen LogP contribution in [0.25, 0.3) is 0 Å². The summed E-state index contributed by atoms with van der Waals surface area (Å²) in [5.41, 5.74) is 2.34. The third-order valence-corrected chi connectivity index (χ3v) is 5.53. The Bertz CT molecular complexity index is 686. The van der Waals surface area contributed by atoms with E-state index in [4.69, 9.17) is 6.42 Å². The largest absolute Gasteiger partial charge is 0.354 e. The molecular formula is C20H26N4O. The number of carbonyl (C=O) groups excluding carboxylic acids is 1. The van der Waals surface area contributed by atoms with Gasteiger partial charge in [-0.1, -0.05) is 24.3 Å². The molecular weight excluding hydrogens is 312 g/mol. The Morgan fingerprint density at radius 1 is 1.24 bits per heavy atom. The van der Waals surface area contributed by atoms with Gasteiger partial charge in [0.25, 0.3) is 0 Å². The molecule has 25 heavy (non-hydrogen) atoms. The number of terminal acetylenes is 1. The molecule has 1 aromatic carbocycles. The Labute approximate surface area is 149 Å². The molecule has 0 atom stereocenters. The molecule has 0 radical (unpaired) electrons. The van der Waals surface area contributed by atoms with Gasteiger partial charge in [0.15, 0.2) is 5.66 Å². The number of nitrogens with one attached hydrogen (secondary N) is 1. The van der Waals surface area contributed by atoms with E-state index in [1.54, 1.807) is 0 Å². The van der Waals surface area contributed by atoms with Crippen molar-refractivity contribution in [2.75, 3.05) is 20.6 Å². The summed E-state index contributed by atoms with van der Waals surface area (Å²) in [5.74, 6) is 2.68. The summed E-state index contributed by atoms with van der Waals surface area (Å²) in [6.45, 7) is 0.652. The van der Waals surface area contributed by atoms with Crippen LogP contribution >= 0.6 is 0 Å². The lowest BCUT2D eigenvalue weighted by Crippen LogP contribution is -2.53. The summed E-state index contributed by atoms with van der Waals surface area (Å²) < 4.78 is 0. The number of nitrogens with zero attached hydrogens (tertiary/aromatic N) is 3. The highest BCUT2D eigenvalue weighted by molar-refractivity contribution is 5.76. The minimum absolute atomic E-state index is 0.0468. The monoisotopic (exact) mass is 338 g/mol. The maximum atomic E-state index is 12.3. The third-order valence-electron chi connectivity index (χ3n) is 5.53. The second-order valence-electron chi connectivity index (χ2n) is 7.40. The highest BCUT2D eigenvalue weighted by atomic mass is 16.1. The number of rotatable bonds is 8. The van der Waals surface area contributed by atoms with Crippen LogP contribution in [0.5, 0.6) is 0 Å². The summed E-state index contributed by atoms with van der Waals surface area (Å²) in [6, 6.07) is 8.55. The number of likely N-dealkylation sites (N-methyl/N-ethyl adjacent to an activating group) is 1. The highest BCUT2D eigenvalue weighted by Crippen LogP contribution is 2.37. The molecule has 0 spiro atoms. The molecule has 0 aromatic heterocycles. The first-order valence-corrected chi connectivity index (χ1v) is 8.87. The van der Waals surface area contributed by atoms with Gasteiger partial charge in [-0.05, 0) is 38.1 Å². The average Bonchev–Trinajstić information content (AvgIpc) is 3.27. The van der Waals surface area contributed by atoms with Crippen molar-refractivity contribution < 1.29 is 4.79 Å². The van der Waals surface area contributed by atoms with Gasteiger partial charge in [-0.2, -0.15) is 10.2 Å². The maximum absolute atomic E-state index is 12.3. The smallest absolute Gasteiger partial charge is 0.220 e. The van der Waals surface area contributed by atoms with Crippen molar-refractivity contribution in [3.05, 3.63) is 35.4 Å². The van der Waals surface area contributed by atoms with E-state index in [1.807, 2.05) is 0 Å². The van der Waals surface area contributed by atoms with Gasteiger partial charge < -0.3 is 10.2 Å². The average molecular weight is 338 g/mol. The molecule has 5 nitrogen and oxygen atoms in total. The predicted molar refractivity (Wildman–Crippen MR) is 98.2 cm³/mol. The van der Waals surface area contributed by atoms with E-state index in [1.165, 1.54) is 11.1 Å². The molecule has 132 valence electrons. The van der Waals surface area contributed by atoms with Gasteiger partial charge in [-0.3, -0.25) is 4.79 Å². The first kappa shape index (κ1) is 17.6. The fraction of sp³-hybridized carbons (Fsp3) is 0.550. The molecule has 0 unspecified atom stereocenters. The molecule has 5 heteroatoms. The molecule has 0 saturated carbocycles. The van der Waals surface area contributed by atoms with Crippen molar-refractivity contribution in [1.29, 1.82) is 0 Å². The van der Waals surface area contributed by atoms with Crippen molar-refractivity contribution in [3.63, 3.8) is 0 Å². The number of hydrogen-bond donors (Lipinski definition) is 1. The van der Waals surface area contributed by atoms with Crippen LogP contribution in [0.3, 0.4) is 0 Å². The number of carbonyl (C=O) groups is 1. The molecule has 0 fully saturated rings. The van der Waals surface area contributed by atoms with E-state index in [0.29, 0.717) is 25.8 Å². The Hall–Kier alpha value is -2.19. The standard InChI is InChI=1S/C20H26N4O/c1-4-5-11-20(22-23-20)12-10-18(25)21-15-19(24(2)3)13-16-8-6-7-9-17(16)14-19/h1,6-9H,5,10-15H2,2-3H3,(H,21,25). The molecule has 3 rings (SSSR count). The fourth-order valence-corrected chi connectivity index (χ4v) is 3.61.